The van der Waals surface area contributed by atoms with Gasteiger partial charge in [-0.3, -0.25) is 4.98 Å². The molecule has 2 rings (SSSR count). The third-order valence-corrected chi connectivity index (χ3v) is 3.14. The standard InChI is InChI=1S/C13H17N5O2/c1-3-9(2)12(13(19)20)17-10-7-14-8-11(16-10)18-6-4-5-15-18/h4-9,12H,3H2,1-2H3,(H,16,17)(H,19,20)/t9-,12-/m0/s1. The fourth-order valence-electron chi connectivity index (χ4n) is 1.78. The Morgan fingerprint density at radius 1 is 1.50 bits per heavy atom. The zero-order valence-corrected chi connectivity index (χ0v) is 11.4. The van der Waals surface area contributed by atoms with E-state index in [2.05, 4.69) is 20.4 Å². The van der Waals surface area contributed by atoms with Gasteiger partial charge in [0.15, 0.2) is 5.82 Å². The molecule has 2 atom stereocenters. The Labute approximate surface area is 116 Å². The Kier molecular flexibility index (Phi) is 4.29. The largest absolute Gasteiger partial charge is 0.480 e. The van der Waals surface area contributed by atoms with Crippen LogP contribution in [0.3, 0.4) is 0 Å². The first-order valence-electron chi connectivity index (χ1n) is 6.43. The van der Waals surface area contributed by atoms with Gasteiger partial charge in [-0.25, -0.2) is 14.5 Å². The van der Waals surface area contributed by atoms with E-state index in [0.717, 1.165) is 6.42 Å². The first kappa shape index (κ1) is 14.0. The molecule has 20 heavy (non-hydrogen) atoms. The Hall–Kier alpha value is -2.44. The van der Waals surface area contributed by atoms with Crippen LogP contribution in [-0.2, 0) is 4.79 Å². The van der Waals surface area contributed by atoms with E-state index >= 15 is 0 Å². The number of rotatable bonds is 6. The summed E-state index contributed by atoms with van der Waals surface area (Å²) in [6.45, 7) is 3.84. The van der Waals surface area contributed by atoms with Crippen LogP contribution in [0.1, 0.15) is 20.3 Å². The molecule has 0 fully saturated rings. The van der Waals surface area contributed by atoms with Crippen molar-refractivity contribution in [3.63, 3.8) is 0 Å². The molecule has 2 aromatic heterocycles. The number of anilines is 1. The van der Waals surface area contributed by atoms with Crippen molar-refractivity contribution in [1.29, 1.82) is 0 Å². The first-order chi connectivity index (χ1) is 9.61. The fraction of sp³-hybridized carbons (Fsp3) is 0.385. The summed E-state index contributed by atoms with van der Waals surface area (Å²) < 4.78 is 1.57. The highest BCUT2D eigenvalue weighted by Gasteiger charge is 2.23. The molecular formula is C13H17N5O2. The van der Waals surface area contributed by atoms with Gasteiger partial charge in [0.1, 0.15) is 11.9 Å². The van der Waals surface area contributed by atoms with Gasteiger partial charge in [-0.15, -0.1) is 0 Å². The van der Waals surface area contributed by atoms with Gasteiger partial charge >= 0.3 is 5.97 Å². The summed E-state index contributed by atoms with van der Waals surface area (Å²) in [6.07, 6.45) is 7.22. The smallest absolute Gasteiger partial charge is 0.326 e. The average molecular weight is 275 g/mol. The summed E-state index contributed by atoms with van der Waals surface area (Å²) >= 11 is 0. The second-order valence-corrected chi connectivity index (χ2v) is 4.56. The van der Waals surface area contributed by atoms with Gasteiger partial charge in [-0.2, -0.15) is 5.10 Å². The molecule has 0 aromatic carbocycles. The van der Waals surface area contributed by atoms with Crippen LogP contribution in [0.2, 0.25) is 0 Å². The van der Waals surface area contributed by atoms with Gasteiger partial charge in [0.2, 0.25) is 0 Å². The second-order valence-electron chi connectivity index (χ2n) is 4.56. The van der Waals surface area contributed by atoms with Crippen LogP contribution >= 0.6 is 0 Å². The minimum Gasteiger partial charge on any atom is -0.480 e. The SMILES string of the molecule is CC[C@H](C)[C@H](Nc1cncc(-n2cccn2)n1)C(=O)O. The molecule has 7 nitrogen and oxygen atoms in total. The Morgan fingerprint density at radius 3 is 2.90 bits per heavy atom. The van der Waals surface area contributed by atoms with Crippen molar-refractivity contribution < 1.29 is 9.90 Å². The second kappa shape index (κ2) is 6.14. The number of hydrogen-bond donors (Lipinski definition) is 2. The van der Waals surface area contributed by atoms with Crippen molar-refractivity contribution in [2.24, 2.45) is 5.92 Å². The lowest BCUT2D eigenvalue weighted by atomic mass is 9.99. The Balaban J connectivity index is 2.21. The first-order valence-corrected chi connectivity index (χ1v) is 6.43. The monoisotopic (exact) mass is 275 g/mol. The third-order valence-electron chi connectivity index (χ3n) is 3.14. The molecule has 106 valence electrons. The van der Waals surface area contributed by atoms with E-state index in [0.29, 0.717) is 11.6 Å². The summed E-state index contributed by atoms with van der Waals surface area (Å²) in [4.78, 5) is 19.7. The van der Waals surface area contributed by atoms with Gasteiger partial charge in [-0.1, -0.05) is 20.3 Å². The molecule has 0 bridgehead atoms. The van der Waals surface area contributed by atoms with Crippen LogP contribution in [0.4, 0.5) is 5.82 Å². The van der Waals surface area contributed by atoms with Crippen molar-refractivity contribution in [3.8, 4) is 5.82 Å². The minimum absolute atomic E-state index is 0.0114. The van der Waals surface area contributed by atoms with E-state index in [1.807, 2.05) is 13.8 Å². The molecule has 2 heterocycles. The topological polar surface area (TPSA) is 92.9 Å². The number of nitrogens with zero attached hydrogens (tertiary/aromatic N) is 4. The molecule has 0 aliphatic heterocycles. The number of carboxylic acids is 1. The highest BCUT2D eigenvalue weighted by molar-refractivity contribution is 5.77. The summed E-state index contributed by atoms with van der Waals surface area (Å²) in [5.41, 5.74) is 0. The molecule has 0 unspecified atom stereocenters. The quantitative estimate of drug-likeness (QED) is 0.831. The zero-order chi connectivity index (χ0) is 14.5. The normalized spacial score (nSPS) is 13.7. The van der Waals surface area contributed by atoms with Crippen molar-refractivity contribution >= 4 is 11.8 Å². The maximum Gasteiger partial charge on any atom is 0.326 e. The molecule has 2 N–H and O–H groups in total. The molecule has 0 amide bonds. The predicted molar refractivity (Wildman–Crippen MR) is 73.7 cm³/mol. The Morgan fingerprint density at radius 2 is 2.30 bits per heavy atom. The highest BCUT2D eigenvalue weighted by Crippen LogP contribution is 2.14. The summed E-state index contributed by atoms with van der Waals surface area (Å²) in [6, 6.07) is 1.09. The fourth-order valence-corrected chi connectivity index (χ4v) is 1.78. The lowest BCUT2D eigenvalue weighted by Crippen LogP contribution is -2.35. The lowest BCUT2D eigenvalue weighted by Gasteiger charge is -2.20. The van der Waals surface area contributed by atoms with E-state index in [9.17, 15) is 9.90 Å². The molecule has 0 saturated heterocycles. The number of carbonyl (C=O) groups is 1. The number of nitrogens with one attached hydrogen (secondary N) is 1. The third kappa shape index (κ3) is 3.11. The number of aromatic nitrogens is 4. The Bertz CT molecular complexity index is 570. The van der Waals surface area contributed by atoms with Crippen molar-refractivity contribution in [3.05, 3.63) is 30.9 Å². The van der Waals surface area contributed by atoms with Crippen LogP contribution in [0.5, 0.6) is 0 Å². The minimum atomic E-state index is -0.898. The van der Waals surface area contributed by atoms with Crippen molar-refractivity contribution in [1.82, 2.24) is 19.7 Å². The van der Waals surface area contributed by atoms with E-state index in [1.165, 1.54) is 6.20 Å². The maximum atomic E-state index is 11.3. The molecule has 2 aromatic rings. The van der Waals surface area contributed by atoms with E-state index in [-0.39, 0.29) is 5.92 Å². The average Bonchev–Trinajstić information content (AvgIpc) is 2.98. The molecule has 0 saturated carbocycles. The van der Waals surface area contributed by atoms with Gasteiger partial charge in [0, 0.05) is 12.4 Å². The van der Waals surface area contributed by atoms with Gasteiger partial charge in [0.05, 0.1) is 12.4 Å². The lowest BCUT2D eigenvalue weighted by molar-refractivity contribution is -0.139. The zero-order valence-electron chi connectivity index (χ0n) is 11.4. The van der Waals surface area contributed by atoms with Gasteiger partial charge in [0.25, 0.3) is 0 Å². The van der Waals surface area contributed by atoms with Crippen molar-refractivity contribution in [2.75, 3.05) is 5.32 Å². The van der Waals surface area contributed by atoms with E-state index < -0.39 is 12.0 Å². The van der Waals surface area contributed by atoms with E-state index in [4.69, 9.17) is 0 Å². The molecule has 0 aliphatic rings. The summed E-state index contributed by atoms with van der Waals surface area (Å²) in [5.74, 6) is 0.0484. The van der Waals surface area contributed by atoms with E-state index in [1.54, 1.807) is 29.3 Å². The molecule has 0 aliphatic carbocycles. The molecule has 7 heteroatoms. The number of carboxylic acid groups (broad SMARTS) is 1. The van der Waals surface area contributed by atoms with Crippen LogP contribution < -0.4 is 5.32 Å². The number of aliphatic carboxylic acids is 1. The predicted octanol–water partition coefficient (Wildman–Crippen LogP) is 1.57. The number of hydrogen-bond acceptors (Lipinski definition) is 5. The van der Waals surface area contributed by atoms with Crippen LogP contribution in [0.15, 0.2) is 30.9 Å². The van der Waals surface area contributed by atoms with Gasteiger partial charge in [-0.05, 0) is 12.0 Å². The molecular weight excluding hydrogens is 258 g/mol. The maximum absolute atomic E-state index is 11.3. The summed E-state index contributed by atoms with van der Waals surface area (Å²) in [5, 5.41) is 16.2. The van der Waals surface area contributed by atoms with Crippen LogP contribution in [0, 0.1) is 5.92 Å². The van der Waals surface area contributed by atoms with Gasteiger partial charge < -0.3 is 10.4 Å². The molecule has 0 radical (unpaired) electrons. The van der Waals surface area contributed by atoms with Crippen LogP contribution in [0.25, 0.3) is 5.82 Å². The summed E-state index contributed by atoms with van der Waals surface area (Å²) in [7, 11) is 0. The van der Waals surface area contributed by atoms with Crippen molar-refractivity contribution in [2.45, 2.75) is 26.3 Å². The van der Waals surface area contributed by atoms with Crippen LogP contribution in [-0.4, -0.2) is 36.9 Å². The highest BCUT2D eigenvalue weighted by atomic mass is 16.4. The molecule has 0 spiro atoms.